The molecule has 1 fully saturated rings. The van der Waals surface area contributed by atoms with Crippen molar-refractivity contribution in [2.45, 2.75) is 44.1 Å². The van der Waals surface area contributed by atoms with Crippen molar-refractivity contribution in [1.82, 2.24) is 4.90 Å². The van der Waals surface area contributed by atoms with E-state index in [-0.39, 0.29) is 5.41 Å². The van der Waals surface area contributed by atoms with E-state index in [4.69, 9.17) is 17.3 Å². The van der Waals surface area contributed by atoms with Crippen molar-refractivity contribution in [2.75, 3.05) is 20.6 Å². The average Bonchev–Trinajstić information content (AvgIpc) is 2.41. The van der Waals surface area contributed by atoms with E-state index in [9.17, 15) is 0 Å². The molecule has 0 atom stereocenters. The summed E-state index contributed by atoms with van der Waals surface area (Å²) < 4.78 is 0. The molecule has 2 nitrogen and oxygen atoms in total. The molecule has 19 heavy (non-hydrogen) atoms. The third-order valence-electron chi connectivity index (χ3n) is 4.35. The Morgan fingerprint density at radius 3 is 2.42 bits per heavy atom. The lowest BCUT2D eigenvalue weighted by atomic mass is 9.69. The molecule has 0 aliphatic heterocycles. The second-order valence-corrected chi connectivity index (χ2v) is 6.50. The van der Waals surface area contributed by atoms with Gasteiger partial charge in [-0.2, -0.15) is 0 Å². The molecule has 3 heteroatoms. The maximum atomic E-state index is 6.44. The summed E-state index contributed by atoms with van der Waals surface area (Å²) in [5.41, 5.74) is 8.78. The van der Waals surface area contributed by atoms with Crippen LogP contribution in [0.2, 0.25) is 5.02 Å². The highest BCUT2D eigenvalue weighted by molar-refractivity contribution is 6.31. The summed E-state index contributed by atoms with van der Waals surface area (Å²) in [6.07, 6.45) is 6.32. The first-order valence-corrected chi connectivity index (χ1v) is 7.59. The highest BCUT2D eigenvalue weighted by atomic mass is 35.5. The third kappa shape index (κ3) is 3.31. The lowest BCUT2D eigenvalue weighted by Crippen LogP contribution is -2.37. The number of hydrogen-bond donors (Lipinski definition) is 1. The smallest absolute Gasteiger partial charge is 0.0453 e. The monoisotopic (exact) mass is 280 g/mol. The minimum absolute atomic E-state index is 0.165. The zero-order chi connectivity index (χ0) is 13.9. The summed E-state index contributed by atoms with van der Waals surface area (Å²) in [6, 6.07) is 6.56. The number of nitrogens with two attached hydrogens (primary N) is 1. The van der Waals surface area contributed by atoms with Crippen LogP contribution in [0.1, 0.15) is 43.2 Å². The largest absolute Gasteiger partial charge is 0.330 e. The molecule has 0 spiro atoms. The summed E-state index contributed by atoms with van der Waals surface area (Å²) in [5, 5.41) is 0.879. The van der Waals surface area contributed by atoms with Gasteiger partial charge in [-0.1, -0.05) is 43.0 Å². The van der Waals surface area contributed by atoms with Gasteiger partial charge < -0.3 is 10.6 Å². The van der Waals surface area contributed by atoms with Crippen molar-refractivity contribution < 1.29 is 0 Å². The SMILES string of the molecule is CN(C)Cc1ccc(C2(CN)CCCCC2)cc1Cl. The third-order valence-corrected chi connectivity index (χ3v) is 4.71. The van der Waals surface area contributed by atoms with Crippen LogP contribution < -0.4 is 5.73 Å². The van der Waals surface area contributed by atoms with E-state index in [1.807, 2.05) is 0 Å². The Labute approximate surface area is 121 Å². The Kier molecular flexibility index (Phi) is 4.88. The fraction of sp³-hybridized carbons (Fsp3) is 0.625. The summed E-state index contributed by atoms with van der Waals surface area (Å²) in [5.74, 6) is 0. The van der Waals surface area contributed by atoms with Gasteiger partial charge in [0, 0.05) is 23.5 Å². The highest BCUT2D eigenvalue weighted by Gasteiger charge is 2.32. The Morgan fingerprint density at radius 1 is 1.21 bits per heavy atom. The molecule has 1 aromatic rings. The number of rotatable bonds is 4. The molecule has 1 saturated carbocycles. The molecule has 0 unspecified atom stereocenters. The normalized spacial score (nSPS) is 18.8. The molecular weight excluding hydrogens is 256 g/mol. The van der Waals surface area contributed by atoms with Crippen LogP contribution in [0.25, 0.3) is 0 Å². The second-order valence-electron chi connectivity index (χ2n) is 6.09. The van der Waals surface area contributed by atoms with E-state index >= 15 is 0 Å². The van der Waals surface area contributed by atoms with E-state index in [2.05, 4.69) is 37.2 Å². The summed E-state index contributed by atoms with van der Waals surface area (Å²) >= 11 is 6.44. The molecule has 1 aliphatic carbocycles. The summed E-state index contributed by atoms with van der Waals surface area (Å²) in [4.78, 5) is 2.14. The molecule has 1 aromatic carbocycles. The summed E-state index contributed by atoms with van der Waals surface area (Å²) in [6.45, 7) is 1.62. The fourth-order valence-corrected chi connectivity index (χ4v) is 3.43. The standard InChI is InChI=1S/C16H25ClN2/c1-19(2)11-13-6-7-14(10-15(13)17)16(12-18)8-4-3-5-9-16/h6-7,10H,3-5,8-9,11-12,18H2,1-2H3. The molecule has 106 valence electrons. The van der Waals surface area contributed by atoms with Crippen LogP contribution in [0, 0.1) is 0 Å². The maximum Gasteiger partial charge on any atom is 0.0453 e. The zero-order valence-corrected chi connectivity index (χ0v) is 12.8. The number of halogens is 1. The highest BCUT2D eigenvalue weighted by Crippen LogP contribution is 2.39. The predicted molar refractivity (Wildman–Crippen MR) is 82.7 cm³/mol. The van der Waals surface area contributed by atoms with E-state index in [0.717, 1.165) is 18.1 Å². The van der Waals surface area contributed by atoms with Gasteiger partial charge in [-0.25, -0.2) is 0 Å². The molecule has 0 aromatic heterocycles. The lowest BCUT2D eigenvalue weighted by Gasteiger charge is -2.37. The van der Waals surface area contributed by atoms with Crippen molar-refractivity contribution in [1.29, 1.82) is 0 Å². The molecule has 0 radical (unpaired) electrons. The minimum Gasteiger partial charge on any atom is -0.330 e. The molecule has 0 bridgehead atoms. The quantitative estimate of drug-likeness (QED) is 0.914. The molecule has 2 N–H and O–H groups in total. The van der Waals surface area contributed by atoms with Crippen molar-refractivity contribution in [3.63, 3.8) is 0 Å². The summed E-state index contributed by atoms with van der Waals surface area (Å²) in [7, 11) is 4.12. The van der Waals surface area contributed by atoms with Crippen LogP contribution in [0.5, 0.6) is 0 Å². The molecule has 1 aliphatic rings. The van der Waals surface area contributed by atoms with Gasteiger partial charge in [-0.05, 0) is 44.1 Å². The molecule has 0 amide bonds. The Hall–Kier alpha value is -0.570. The van der Waals surface area contributed by atoms with Crippen molar-refractivity contribution in [2.24, 2.45) is 5.73 Å². The van der Waals surface area contributed by atoms with Gasteiger partial charge in [-0.15, -0.1) is 0 Å². The van der Waals surface area contributed by atoms with Gasteiger partial charge in [-0.3, -0.25) is 0 Å². The Balaban J connectivity index is 2.27. The topological polar surface area (TPSA) is 29.3 Å². The van der Waals surface area contributed by atoms with Gasteiger partial charge in [0.25, 0.3) is 0 Å². The molecule has 0 heterocycles. The lowest BCUT2D eigenvalue weighted by molar-refractivity contribution is 0.300. The van der Waals surface area contributed by atoms with Crippen LogP contribution in [-0.2, 0) is 12.0 Å². The van der Waals surface area contributed by atoms with Crippen LogP contribution in [0.4, 0.5) is 0 Å². The fourth-order valence-electron chi connectivity index (χ4n) is 3.19. The van der Waals surface area contributed by atoms with E-state index in [1.54, 1.807) is 0 Å². The second kappa shape index (κ2) is 6.25. The van der Waals surface area contributed by atoms with E-state index in [1.165, 1.54) is 43.2 Å². The van der Waals surface area contributed by atoms with Crippen LogP contribution in [0.15, 0.2) is 18.2 Å². The first-order chi connectivity index (χ1) is 9.07. The molecular formula is C16H25ClN2. The van der Waals surface area contributed by atoms with Crippen LogP contribution in [-0.4, -0.2) is 25.5 Å². The number of benzene rings is 1. The number of nitrogens with zero attached hydrogens (tertiary/aromatic N) is 1. The van der Waals surface area contributed by atoms with Gasteiger partial charge in [0.05, 0.1) is 0 Å². The average molecular weight is 281 g/mol. The van der Waals surface area contributed by atoms with Gasteiger partial charge in [0.2, 0.25) is 0 Å². The van der Waals surface area contributed by atoms with Gasteiger partial charge in [0.1, 0.15) is 0 Å². The maximum absolute atomic E-state index is 6.44. The zero-order valence-electron chi connectivity index (χ0n) is 12.1. The predicted octanol–water partition coefficient (Wildman–Crippen LogP) is 3.56. The molecule has 0 saturated heterocycles. The Morgan fingerprint density at radius 2 is 1.89 bits per heavy atom. The first kappa shape index (κ1) is 14.8. The van der Waals surface area contributed by atoms with Gasteiger partial charge >= 0.3 is 0 Å². The van der Waals surface area contributed by atoms with Crippen molar-refractivity contribution in [3.8, 4) is 0 Å². The van der Waals surface area contributed by atoms with E-state index in [0.29, 0.717) is 0 Å². The Bertz CT molecular complexity index is 423. The first-order valence-electron chi connectivity index (χ1n) is 7.21. The van der Waals surface area contributed by atoms with Crippen molar-refractivity contribution in [3.05, 3.63) is 34.3 Å². The van der Waals surface area contributed by atoms with Crippen LogP contribution in [0.3, 0.4) is 0 Å². The minimum atomic E-state index is 0.165. The molecule has 2 rings (SSSR count). The van der Waals surface area contributed by atoms with Crippen LogP contribution >= 0.6 is 11.6 Å². The van der Waals surface area contributed by atoms with Crippen molar-refractivity contribution >= 4 is 11.6 Å². The van der Waals surface area contributed by atoms with Gasteiger partial charge in [0.15, 0.2) is 0 Å². The van der Waals surface area contributed by atoms with E-state index < -0.39 is 0 Å². The number of hydrogen-bond acceptors (Lipinski definition) is 2.